The zero-order chi connectivity index (χ0) is 21.6. The Morgan fingerprint density at radius 1 is 1.13 bits per heavy atom. The van der Waals surface area contributed by atoms with Crippen LogP contribution in [-0.2, 0) is 21.1 Å². The molecular formula is C22H28N2O4S2. The topological polar surface area (TPSA) is 75.7 Å². The van der Waals surface area contributed by atoms with Gasteiger partial charge in [0.15, 0.2) is 9.84 Å². The molecule has 1 saturated heterocycles. The Balaban J connectivity index is 1.69. The number of nitrogens with zero attached hydrogens (tertiary/aromatic N) is 1. The van der Waals surface area contributed by atoms with Crippen molar-refractivity contribution in [2.24, 2.45) is 0 Å². The van der Waals surface area contributed by atoms with Crippen LogP contribution in [0, 0.1) is 6.92 Å². The van der Waals surface area contributed by atoms with Crippen molar-refractivity contribution in [2.45, 2.75) is 18.4 Å². The van der Waals surface area contributed by atoms with E-state index in [0.29, 0.717) is 5.56 Å². The van der Waals surface area contributed by atoms with Crippen molar-refractivity contribution in [3.05, 3.63) is 59.2 Å². The van der Waals surface area contributed by atoms with Gasteiger partial charge < -0.3 is 10.1 Å². The van der Waals surface area contributed by atoms with Crippen LogP contribution in [0.3, 0.4) is 0 Å². The number of anilines is 1. The van der Waals surface area contributed by atoms with Crippen LogP contribution < -0.4 is 5.32 Å². The lowest BCUT2D eigenvalue weighted by Crippen LogP contribution is -2.32. The van der Waals surface area contributed by atoms with E-state index in [2.05, 4.69) is 16.3 Å². The van der Waals surface area contributed by atoms with Crippen molar-refractivity contribution in [1.82, 2.24) is 4.90 Å². The third kappa shape index (κ3) is 5.85. The molecule has 0 atom stereocenters. The fourth-order valence-electron chi connectivity index (χ4n) is 3.31. The van der Waals surface area contributed by atoms with Crippen LogP contribution in [0.4, 0.5) is 5.69 Å². The number of methoxy groups -OCH3 is 1. The molecule has 1 aliphatic heterocycles. The van der Waals surface area contributed by atoms with E-state index in [1.165, 1.54) is 24.8 Å². The summed E-state index contributed by atoms with van der Waals surface area (Å²) in [5, 5.41) is 2.97. The van der Waals surface area contributed by atoms with Gasteiger partial charge in [-0.3, -0.25) is 9.69 Å². The van der Waals surface area contributed by atoms with Gasteiger partial charge in [0.2, 0.25) is 0 Å². The summed E-state index contributed by atoms with van der Waals surface area (Å²) in [6, 6.07) is 12.0. The van der Waals surface area contributed by atoms with Gasteiger partial charge in [-0.15, -0.1) is 0 Å². The number of carbonyl (C=O) groups excluding carboxylic acids is 1. The van der Waals surface area contributed by atoms with E-state index in [0.717, 1.165) is 42.4 Å². The van der Waals surface area contributed by atoms with Gasteiger partial charge in [0, 0.05) is 49.5 Å². The van der Waals surface area contributed by atoms with Crippen LogP contribution in [0.25, 0.3) is 0 Å². The Kier molecular flexibility index (Phi) is 7.93. The van der Waals surface area contributed by atoms with Gasteiger partial charge in [-0.2, -0.15) is 11.8 Å². The van der Waals surface area contributed by atoms with Crippen molar-refractivity contribution >= 4 is 33.2 Å². The summed E-state index contributed by atoms with van der Waals surface area (Å²) in [5.41, 5.74) is 3.46. The molecule has 0 bridgehead atoms. The minimum atomic E-state index is -3.41. The molecule has 3 rings (SSSR count). The van der Waals surface area contributed by atoms with Crippen molar-refractivity contribution < 1.29 is 17.9 Å². The molecule has 0 aromatic heterocycles. The molecule has 1 aliphatic rings. The summed E-state index contributed by atoms with van der Waals surface area (Å²) in [4.78, 5) is 15.3. The van der Waals surface area contributed by atoms with Gasteiger partial charge in [-0.05, 0) is 48.4 Å². The second-order valence-electron chi connectivity index (χ2n) is 7.27. The van der Waals surface area contributed by atoms with E-state index >= 15 is 0 Å². The van der Waals surface area contributed by atoms with Crippen LogP contribution in [0.15, 0.2) is 47.4 Å². The Bertz CT molecular complexity index is 969. The Morgan fingerprint density at radius 2 is 1.83 bits per heavy atom. The number of thioether (sulfide) groups is 1. The molecule has 0 saturated carbocycles. The molecule has 0 radical (unpaired) electrons. The van der Waals surface area contributed by atoms with E-state index < -0.39 is 9.84 Å². The first-order valence-corrected chi connectivity index (χ1v) is 12.7. The van der Waals surface area contributed by atoms with E-state index in [1.807, 2.05) is 30.8 Å². The monoisotopic (exact) mass is 448 g/mol. The van der Waals surface area contributed by atoms with Gasteiger partial charge in [0.25, 0.3) is 5.91 Å². The lowest BCUT2D eigenvalue weighted by molar-refractivity contribution is 0.102. The first kappa shape index (κ1) is 22.8. The van der Waals surface area contributed by atoms with Crippen LogP contribution in [0.5, 0.6) is 0 Å². The van der Waals surface area contributed by atoms with Crippen molar-refractivity contribution in [3.63, 3.8) is 0 Å². The second-order valence-corrected chi connectivity index (χ2v) is 10.6. The van der Waals surface area contributed by atoms with E-state index in [1.54, 1.807) is 12.1 Å². The van der Waals surface area contributed by atoms with E-state index in [-0.39, 0.29) is 23.2 Å². The van der Waals surface area contributed by atoms with Crippen LogP contribution >= 0.6 is 11.8 Å². The first-order valence-electron chi connectivity index (χ1n) is 9.92. The molecule has 2 aromatic carbocycles. The molecule has 0 spiro atoms. The molecule has 30 heavy (non-hydrogen) atoms. The molecule has 1 fully saturated rings. The van der Waals surface area contributed by atoms with Gasteiger partial charge in [-0.1, -0.05) is 12.1 Å². The third-order valence-corrected chi connectivity index (χ3v) is 7.86. The highest BCUT2D eigenvalue weighted by Crippen LogP contribution is 2.23. The van der Waals surface area contributed by atoms with Gasteiger partial charge in [0.1, 0.15) is 0 Å². The van der Waals surface area contributed by atoms with Gasteiger partial charge in [0.05, 0.1) is 17.3 Å². The average molecular weight is 449 g/mol. The summed E-state index contributed by atoms with van der Waals surface area (Å²) >= 11 is 1.99. The van der Waals surface area contributed by atoms with Gasteiger partial charge in [-0.25, -0.2) is 8.42 Å². The molecule has 6 nitrogen and oxygen atoms in total. The predicted octanol–water partition coefficient (Wildman–Crippen LogP) is 3.22. The van der Waals surface area contributed by atoms with Crippen LogP contribution in [0.2, 0.25) is 0 Å². The molecule has 1 N–H and O–H groups in total. The smallest absolute Gasteiger partial charge is 0.255 e. The summed E-state index contributed by atoms with van der Waals surface area (Å²) in [7, 11) is -1.95. The predicted molar refractivity (Wildman–Crippen MR) is 122 cm³/mol. The highest BCUT2D eigenvalue weighted by atomic mass is 32.2. The highest BCUT2D eigenvalue weighted by molar-refractivity contribution is 7.99. The number of carbonyl (C=O) groups is 1. The van der Waals surface area contributed by atoms with E-state index in [9.17, 15) is 13.2 Å². The lowest BCUT2D eigenvalue weighted by atomic mass is 10.1. The zero-order valence-electron chi connectivity index (χ0n) is 17.4. The maximum absolute atomic E-state index is 12.7. The lowest BCUT2D eigenvalue weighted by Gasteiger charge is -2.27. The summed E-state index contributed by atoms with van der Waals surface area (Å²) in [5.74, 6) is 1.97. The SMILES string of the molecule is COCCS(=O)(=O)c1ccc(C(=O)Nc2cccc(CN3CCSCC3)c2C)cc1. The number of nitrogens with one attached hydrogen (secondary N) is 1. The fourth-order valence-corrected chi connectivity index (χ4v) is 5.46. The second kappa shape index (κ2) is 10.4. The number of ether oxygens (including phenoxy) is 1. The third-order valence-electron chi connectivity index (χ3n) is 5.22. The molecular weight excluding hydrogens is 420 g/mol. The molecule has 1 amide bonds. The van der Waals surface area contributed by atoms with Crippen LogP contribution in [-0.4, -0.2) is 63.3 Å². The standard InChI is InChI=1S/C22H28N2O4S2/c1-17-19(16-24-10-13-29-14-11-24)4-3-5-21(17)23-22(25)18-6-8-20(9-7-18)30(26,27)15-12-28-2/h3-9H,10-16H2,1-2H3,(H,23,25). The molecule has 0 unspecified atom stereocenters. The fraction of sp³-hybridized carbons (Fsp3) is 0.409. The largest absolute Gasteiger partial charge is 0.384 e. The summed E-state index contributed by atoms with van der Waals surface area (Å²) < 4.78 is 29.3. The van der Waals surface area contributed by atoms with Crippen molar-refractivity contribution in [3.8, 4) is 0 Å². The molecule has 0 aliphatic carbocycles. The molecule has 162 valence electrons. The van der Waals surface area contributed by atoms with Crippen LogP contribution in [0.1, 0.15) is 21.5 Å². The minimum absolute atomic E-state index is 0.0866. The van der Waals surface area contributed by atoms with Gasteiger partial charge >= 0.3 is 0 Å². The maximum Gasteiger partial charge on any atom is 0.255 e. The van der Waals surface area contributed by atoms with Crippen molar-refractivity contribution in [1.29, 1.82) is 0 Å². The highest BCUT2D eigenvalue weighted by Gasteiger charge is 2.17. The zero-order valence-corrected chi connectivity index (χ0v) is 19.0. The minimum Gasteiger partial charge on any atom is -0.384 e. The Hall–Kier alpha value is -1.87. The normalized spacial score (nSPS) is 15.1. The summed E-state index contributed by atoms with van der Waals surface area (Å²) in [6.07, 6.45) is 0. The number of benzene rings is 2. The van der Waals surface area contributed by atoms with E-state index in [4.69, 9.17) is 4.74 Å². The molecule has 1 heterocycles. The molecule has 8 heteroatoms. The number of hydrogen-bond donors (Lipinski definition) is 1. The number of amides is 1. The Labute approximate surface area is 182 Å². The maximum atomic E-state index is 12.7. The number of rotatable bonds is 8. The number of hydrogen-bond acceptors (Lipinski definition) is 6. The average Bonchev–Trinajstić information content (AvgIpc) is 2.76. The molecule has 2 aromatic rings. The quantitative estimate of drug-likeness (QED) is 0.668. The number of sulfone groups is 1. The van der Waals surface area contributed by atoms with Crippen molar-refractivity contribution in [2.75, 3.05) is 49.4 Å². The first-order chi connectivity index (χ1) is 14.4. The summed E-state index contributed by atoms with van der Waals surface area (Å²) in [6.45, 7) is 5.20. The Morgan fingerprint density at radius 3 is 2.50 bits per heavy atom.